The Morgan fingerprint density at radius 2 is 2.23 bits per heavy atom. The lowest BCUT2D eigenvalue weighted by atomic mass is 10.1. The molecule has 0 amide bonds. The number of rotatable bonds is 4. The summed E-state index contributed by atoms with van der Waals surface area (Å²) in [7, 11) is 0. The molecule has 0 fully saturated rings. The fraction of sp³-hybridized carbons (Fsp3) is 0.222. The number of hydrogen-bond donors (Lipinski definition) is 0. The quantitative estimate of drug-likeness (QED) is 0.303. The number of carbonyl (C=O) groups excluding carboxylic acids is 1. The maximum Gasteiger partial charge on any atom is 0.163 e. The minimum Gasteiger partial charge on any atom is -0.294 e. The molecule has 4 heteroatoms. The minimum absolute atomic E-state index is 0.0227. The lowest BCUT2D eigenvalue weighted by molar-refractivity contribution is 0.0985. The van der Waals surface area contributed by atoms with Crippen LogP contribution in [-0.4, -0.2) is 12.3 Å². The predicted molar refractivity (Wildman–Crippen MR) is 49.4 cm³/mol. The van der Waals surface area contributed by atoms with Crippen LogP contribution >= 0.6 is 0 Å². The summed E-state index contributed by atoms with van der Waals surface area (Å²) < 4.78 is 29.4. The zero-order chi connectivity index (χ0) is 13.1. The van der Waals surface area contributed by atoms with Crippen LogP contribution in [0.1, 0.15) is 22.2 Å². The molecule has 0 unspecified atom stereocenters. The van der Waals surface area contributed by atoms with Gasteiger partial charge in [0.2, 0.25) is 0 Å². The van der Waals surface area contributed by atoms with E-state index in [1.165, 1.54) is 24.3 Å². The fourth-order valence-corrected chi connectivity index (χ4v) is 0.760. The first-order valence-corrected chi connectivity index (χ1v) is 3.49. The molecular weight excluding hydrogens is 166 g/mol. The molecule has 0 N–H and O–H groups in total. The van der Waals surface area contributed by atoms with E-state index in [-0.39, 0.29) is 5.56 Å². The van der Waals surface area contributed by atoms with Gasteiger partial charge in [0.1, 0.15) is 0 Å². The number of Topliss-reactive ketones (excluding diaryl/α,β-unsaturated/α-hetero) is 1. The van der Waals surface area contributed by atoms with Gasteiger partial charge >= 0.3 is 0 Å². The van der Waals surface area contributed by atoms with Crippen LogP contribution in [0.3, 0.4) is 0 Å². The summed E-state index contributed by atoms with van der Waals surface area (Å²) in [4.78, 5) is 14.0. The molecule has 0 aliphatic rings. The van der Waals surface area contributed by atoms with Crippen molar-refractivity contribution in [1.29, 1.82) is 0 Å². The molecule has 0 aliphatic heterocycles. The number of carbonyl (C=O) groups is 1. The summed E-state index contributed by atoms with van der Waals surface area (Å²) in [6.07, 6.45) is -2.92. The van der Waals surface area contributed by atoms with Crippen molar-refractivity contribution < 1.29 is 10.3 Å². The van der Waals surface area contributed by atoms with Crippen LogP contribution < -0.4 is 0 Å². The second-order valence-electron chi connectivity index (χ2n) is 2.12. The lowest BCUT2D eigenvalue weighted by Gasteiger charge is -1.96. The van der Waals surface area contributed by atoms with Crippen LogP contribution in [0.2, 0.25) is 0 Å². The molecule has 0 spiro atoms. The van der Waals surface area contributed by atoms with E-state index in [9.17, 15) is 4.79 Å². The molecular formula is C9H9N3O. The monoisotopic (exact) mass is 179 g/mol. The number of nitrogens with zero attached hydrogens (tertiary/aromatic N) is 3. The number of benzene rings is 1. The number of ketones is 1. The SMILES string of the molecule is [2H]C([2H])(N=[N+]=[N-])C([2H])([2H])C(=O)c1ccccc1. The van der Waals surface area contributed by atoms with E-state index >= 15 is 0 Å². The Hall–Kier alpha value is -1.80. The summed E-state index contributed by atoms with van der Waals surface area (Å²) in [6, 6.07) is 7.45. The van der Waals surface area contributed by atoms with Gasteiger partial charge in [-0.1, -0.05) is 35.4 Å². The summed E-state index contributed by atoms with van der Waals surface area (Å²) in [5.74, 6) is -1.06. The summed E-state index contributed by atoms with van der Waals surface area (Å²) >= 11 is 0. The molecule has 0 saturated carbocycles. The largest absolute Gasteiger partial charge is 0.294 e. The molecule has 1 aromatic rings. The highest BCUT2D eigenvalue weighted by Gasteiger charge is 2.02. The van der Waals surface area contributed by atoms with Gasteiger partial charge in [0.25, 0.3) is 0 Å². The Labute approximate surface area is 81.4 Å². The van der Waals surface area contributed by atoms with E-state index in [4.69, 9.17) is 11.0 Å². The molecule has 0 bridgehead atoms. The maximum absolute atomic E-state index is 11.8. The van der Waals surface area contributed by atoms with Crippen LogP contribution in [0.5, 0.6) is 0 Å². The van der Waals surface area contributed by atoms with Gasteiger partial charge in [-0.05, 0) is 5.53 Å². The highest BCUT2D eigenvalue weighted by molar-refractivity contribution is 5.96. The van der Waals surface area contributed by atoms with Crippen molar-refractivity contribution in [1.82, 2.24) is 0 Å². The third kappa shape index (κ3) is 2.97. The maximum atomic E-state index is 11.8. The van der Waals surface area contributed by atoms with Gasteiger partial charge in [-0.2, -0.15) is 0 Å². The first-order valence-electron chi connectivity index (χ1n) is 5.49. The predicted octanol–water partition coefficient (Wildman–Crippen LogP) is 2.57. The Morgan fingerprint density at radius 1 is 1.54 bits per heavy atom. The molecule has 0 saturated heterocycles. The van der Waals surface area contributed by atoms with Gasteiger partial charge in [-0.3, -0.25) is 4.79 Å². The molecule has 66 valence electrons. The second kappa shape index (κ2) is 4.95. The standard InChI is InChI=1S/C9H9N3O/c10-12-11-7-6-9(13)8-4-2-1-3-5-8/h1-5H,6-7H2/i6D2,7D2. The van der Waals surface area contributed by atoms with Crippen molar-refractivity contribution in [3.05, 3.63) is 46.3 Å². The molecule has 0 aliphatic carbocycles. The van der Waals surface area contributed by atoms with Gasteiger partial charge in [0, 0.05) is 28.8 Å². The smallest absolute Gasteiger partial charge is 0.163 e. The third-order valence-electron chi connectivity index (χ3n) is 1.30. The highest BCUT2D eigenvalue weighted by Crippen LogP contribution is 2.02. The molecule has 0 aromatic heterocycles. The Kier molecular flexibility index (Phi) is 1.92. The Balaban J connectivity index is 3.15. The van der Waals surface area contributed by atoms with Crippen LogP contribution in [-0.2, 0) is 0 Å². The van der Waals surface area contributed by atoms with Gasteiger partial charge < -0.3 is 0 Å². The normalized spacial score (nSPS) is 15.7. The first kappa shape index (κ1) is 5.04. The van der Waals surface area contributed by atoms with E-state index in [2.05, 4.69) is 10.0 Å². The zero-order valence-corrected chi connectivity index (χ0v) is 6.64. The number of hydrogen-bond acceptors (Lipinski definition) is 2. The number of azide groups is 1. The second-order valence-corrected chi connectivity index (χ2v) is 2.12. The molecule has 13 heavy (non-hydrogen) atoms. The van der Waals surface area contributed by atoms with E-state index in [1.807, 2.05) is 0 Å². The van der Waals surface area contributed by atoms with Crippen molar-refractivity contribution in [3.8, 4) is 0 Å². The average molecular weight is 179 g/mol. The van der Waals surface area contributed by atoms with Crippen LogP contribution in [0, 0.1) is 0 Å². The highest BCUT2D eigenvalue weighted by atomic mass is 16.1. The molecule has 1 aromatic carbocycles. The molecule has 0 heterocycles. The van der Waals surface area contributed by atoms with Crippen molar-refractivity contribution in [2.75, 3.05) is 6.50 Å². The molecule has 0 radical (unpaired) electrons. The summed E-state index contributed by atoms with van der Waals surface area (Å²) in [5.41, 5.74) is 8.18. The topological polar surface area (TPSA) is 65.8 Å². The van der Waals surface area contributed by atoms with Crippen LogP contribution in [0.25, 0.3) is 10.4 Å². The van der Waals surface area contributed by atoms with E-state index in [0.717, 1.165) is 0 Å². The van der Waals surface area contributed by atoms with E-state index < -0.39 is 18.7 Å². The van der Waals surface area contributed by atoms with Gasteiger partial charge in [0.05, 0.1) is 0 Å². The van der Waals surface area contributed by atoms with Crippen LogP contribution in [0.4, 0.5) is 0 Å². The van der Waals surface area contributed by atoms with Crippen molar-refractivity contribution in [2.24, 2.45) is 5.11 Å². The Bertz CT molecular complexity index is 468. The van der Waals surface area contributed by atoms with E-state index in [1.54, 1.807) is 6.07 Å². The lowest BCUT2D eigenvalue weighted by Crippen LogP contribution is -1.99. The van der Waals surface area contributed by atoms with E-state index in [0.29, 0.717) is 0 Å². The van der Waals surface area contributed by atoms with Crippen molar-refractivity contribution in [3.63, 3.8) is 0 Å². The average Bonchev–Trinajstić information content (AvgIpc) is 2.29. The summed E-state index contributed by atoms with van der Waals surface area (Å²) in [6.45, 7) is -2.94. The van der Waals surface area contributed by atoms with Gasteiger partial charge in [-0.25, -0.2) is 0 Å². The molecule has 1 rings (SSSR count). The first-order chi connectivity index (χ1) is 7.83. The summed E-state index contributed by atoms with van der Waals surface area (Å²) in [5, 5.41) is 2.69. The van der Waals surface area contributed by atoms with Gasteiger partial charge in [-0.15, -0.1) is 0 Å². The van der Waals surface area contributed by atoms with Crippen molar-refractivity contribution >= 4 is 5.78 Å². The molecule has 0 atom stereocenters. The fourth-order valence-electron chi connectivity index (χ4n) is 0.760. The van der Waals surface area contributed by atoms with Crippen molar-refractivity contribution in [2.45, 2.75) is 6.37 Å². The Morgan fingerprint density at radius 3 is 2.85 bits per heavy atom. The van der Waals surface area contributed by atoms with Crippen LogP contribution in [0.15, 0.2) is 35.4 Å². The third-order valence-corrected chi connectivity index (χ3v) is 1.30. The minimum atomic E-state index is -2.94. The molecule has 4 nitrogen and oxygen atoms in total. The van der Waals surface area contributed by atoms with Gasteiger partial charge in [0.15, 0.2) is 5.78 Å². The zero-order valence-electron chi connectivity index (χ0n) is 10.6.